The van der Waals surface area contributed by atoms with Crippen LogP contribution in [0.1, 0.15) is 37.3 Å². The van der Waals surface area contributed by atoms with Gasteiger partial charge >= 0.3 is 0 Å². The van der Waals surface area contributed by atoms with Crippen LogP contribution >= 0.6 is 0 Å². The summed E-state index contributed by atoms with van der Waals surface area (Å²) in [6, 6.07) is 14.8. The molecule has 3 amide bonds. The monoisotopic (exact) mass is 610 g/mol. The summed E-state index contributed by atoms with van der Waals surface area (Å²) in [6.07, 6.45) is 0.796. The van der Waals surface area contributed by atoms with Crippen LogP contribution in [-0.2, 0) is 31.3 Å². The number of hydrogen-bond donors (Lipinski definition) is 3. The molecule has 5 rings (SSSR count). The second-order valence-electron chi connectivity index (χ2n) is 12.6. The first-order valence-electron chi connectivity index (χ1n) is 15.2. The van der Waals surface area contributed by atoms with E-state index in [9.17, 15) is 19.5 Å². The molecule has 9 nitrogen and oxygen atoms in total. The standard InChI is InChI=1S/C32H43FN4O5Si/c1-21-29(43(3,4)33)27(18-28(39)37(15-16-38)20-22-9-6-5-7-10-22)42-32(21)25-17-24(12-13-26(25)36(2)31(32)41)35-30(40)23-11-8-14-34-19-23/h5-7,9-10,12-13,17,21,23,27,29,34,38H,8,11,14-16,18-20H2,1-4H3,(H,35,40)/t21-,23?,27+,29-,32+/m1/s1. The maximum Gasteiger partial charge on any atom is 0.264 e. The number of anilines is 2. The first kappa shape index (κ1) is 31.3. The van der Waals surface area contributed by atoms with E-state index in [1.54, 1.807) is 43.2 Å². The molecular formula is C32H43FN4O5Si. The molecule has 5 atom stereocenters. The zero-order valence-electron chi connectivity index (χ0n) is 25.4. The number of likely N-dealkylation sites (N-methyl/N-ethyl adjacent to an activating group) is 1. The normalized spacial score (nSPS) is 26.9. The Balaban J connectivity index is 1.45. The van der Waals surface area contributed by atoms with Crippen LogP contribution in [0.15, 0.2) is 48.5 Å². The van der Waals surface area contributed by atoms with Crippen molar-refractivity contribution in [1.82, 2.24) is 10.2 Å². The van der Waals surface area contributed by atoms with Crippen molar-refractivity contribution in [3.05, 3.63) is 59.7 Å². The summed E-state index contributed by atoms with van der Waals surface area (Å²) in [5.74, 6) is -1.35. The van der Waals surface area contributed by atoms with Gasteiger partial charge in [0.05, 0.1) is 30.7 Å². The molecule has 2 fully saturated rings. The highest BCUT2D eigenvalue weighted by atomic mass is 28.4. The highest BCUT2D eigenvalue weighted by Gasteiger charge is 2.66. The van der Waals surface area contributed by atoms with E-state index in [0.29, 0.717) is 30.0 Å². The lowest BCUT2D eigenvalue weighted by Crippen LogP contribution is -2.44. The Hall–Kier alpha value is -3.12. The second kappa shape index (κ2) is 12.5. The molecule has 0 aliphatic carbocycles. The van der Waals surface area contributed by atoms with Crippen LogP contribution in [0, 0.1) is 11.8 Å². The van der Waals surface area contributed by atoms with E-state index in [1.807, 2.05) is 37.3 Å². The number of benzene rings is 2. The Morgan fingerprint density at radius 2 is 1.98 bits per heavy atom. The molecule has 43 heavy (non-hydrogen) atoms. The number of carbonyl (C=O) groups is 3. The van der Waals surface area contributed by atoms with Crippen molar-refractivity contribution in [2.24, 2.45) is 11.8 Å². The molecule has 3 heterocycles. The highest BCUT2D eigenvalue weighted by molar-refractivity contribution is 6.72. The van der Waals surface area contributed by atoms with Gasteiger partial charge in [-0.15, -0.1) is 0 Å². The molecule has 0 aromatic heterocycles. The lowest BCUT2D eigenvalue weighted by molar-refractivity contribution is -0.149. The van der Waals surface area contributed by atoms with Crippen LogP contribution in [0.25, 0.3) is 0 Å². The van der Waals surface area contributed by atoms with Gasteiger partial charge in [0, 0.05) is 49.4 Å². The molecule has 232 valence electrons. The summed E-state index contributed by atoms with van der Waals surface area (Å²) in [6.45, 7) is 6.79. The number of ether oxygens (including phenoxy) is 1. The highest BCUT2D eigenvalue weighted by Crippen LogP contribution is 2.60. The number of nitrogens with one attached hydrogen (secondary N) is 2. The molecule has 11 heteroatoms. The van der Waals surface area contributed by atoms with Gasteiger partial charge in [-0.2, -0.15) is 0 Å². The Morgan fingerprint density at radius 3 is 2.63 bits per heavy atom. The van der Waals surface area contributed by atoms with Crippen LogP contribution in [0.2, 0.25) is 18.6 Å². The molecule has 0 radical (unpaired) electrons. The van der Waals surface area contributed by atoms with E-state index in [4.69, 9.17) is 4.74 Å². The van der Waals surface area contributed by atoms with Gasteiger partial charge in [-0.25, -0.2) is 0 Å². The fourth-order valence-corrected chi connectivity index (χ4v) is 9.76. The minimum absolute atomic E-state index is 0.0830. The molecule has 2 aromatic rings. The van der Waals surface area contributed by atoms with Crippen molar-refractivity contribution >= 4 is 37.5 Å². The number of carbonyl (C=O) groups excluding carboxylic acids is 3. The van der Waals surface area contributed by atoms with Gasteiger partial charge in [0.15, 0.2) is 5.60 Å². The Labute approximate surface area is 254 Å². The van der Waals surface area contributed by atoms with Crippen molar-refractivity contribution < 1.29 is 28.3 Å². The molecule has 2 saturated heterocycles. The van der Waals surface area contributed by atoms with Gasteiger partial charge in [-0.3, -0.25) is 14.4 Å². The third-order valence-corrected chi connectivity index (χ3v) is 11.8. The zero-order valence-corrected chi connectivity index (χ0v) is 26.4. The van der Waals surface area contributed by atoms with Crippen LogP contribution in [0.5, 0.6) is 0 Å². The van der Waals surface area contributed by atoms with Crippen molar-refractivity contribution in [2.75, 3.05) is 43.5 Å². The van der Waals surface area contributed by atoms with E-state index in [0.717, 1.165) is 24.9 Å². The topological polar surface area (TPSA) is 111 Å². The third-order valence-electron chi connectivity index (χ3n) is 9.34. The molecule has 3 aliphatic heterocycles. The average molecular weight is 611 g/mol. The maximum absolute atomic E-state index is 16.1. The fraction of sp³-hybridized carbons (Fsp3) is 0.531. The van der Waals surface area contributed by atoms with Gasteiger partial charge in [-0.1, -0.05) is 37.3 Å². The van der Waals surface area contributed by atoms with Crippen molar-refractivity contribution in [3.63, 3.8) is 0 Å². The lowest BCUT2D eigenvalue weighted by Gasteiger charge is -2.31. The fourth-order valence-electron chi connectivity index (χ4n) is 7.27. The number of aliphatic hydroxyl groups excluding tert-OH is 1. The summed E-state index contributed by atoms with van der Waals surface area (Å²) in [5, 5.41) is 16.0. The Kier molecular flexibility index (Phi) is 9.08. The molecule has 0 bridgehead atoms. The number of amides is 3. The number of aliphatic hydroxyl groups is 1. The summed E-state index contributed by atoms with van der Waals surface area (Å²) in [4.78, 5) is 43.8. The molecule has 1 unspecified atom stereocenters. The number of piperidine rings is 1. The Bertz CT molecular complexity index is 1350. The number of rotatable bonds is 9. The summed E-state index contributed by atoms with van der Waals surface area (Å²) >= 11 is 0. The Morgan fingerprint density at radius 1 is 1.23 bits per heavy atom. The van der Waals surface area contributed by atoms with E-state index in [-0.39, 0.29) is 43.2 Å². The summed E-state index contributed by atoms with van der Waals surface area (Å²) in [5.41, 5.74) is 0.575. The molecule has 3 N–H and O–H groups in total. The quantitative estimate of drug-likeness (QED) is 0.295. The third kappa shape index (κ3) is 6.00. The summed E-state index contributed by atoms with van der Waals surface area (Å²) < 4.78 is 22.8. The summed E-state index contributed by atoms with van der Waals surface area (Å²) in [7, 11) is -1.79. The lowest BCUT2D eigenvalue weighted by atomic mass is 9.82. The van der Waals surface area contributed by atoms with Gasteiger partial charge < -0.3 is 34.4 Å². The van der Waals surface area contributed by atoms with E-state index in [1.165, 1.54) is 4.90 Å². The van der Waals surface area contributed by atoms with E-state index < -0.39 is 31.6 Å². The van der Waals surface area contributed by atoms with Gasteiger partial charge in [-0.05, 0) is 56.2 Å². The number of hydrogen-bond acceptors (Lipinski definition) is 6. The van der Waals surface area contributed by atoms with Gasteiger partial charge in [0.1, 0.15) is 0 Å². The number of fused-ring (bicyclic) bond motifs is 2. The number of halogens is 1. The van der Waals surface area contributed by atoms with Crippen LogP contribution in [0.3, 0.4) is 0 Å². The van der Waals surface area contributed by atoms with Gasteiger partial charge in [0.2, 0.25) is 20.2 Å². The molecule has 3 aliphatic rings. The predicted molar refractivity (Wildman–Crippen MR) is 166 cm³/mol. The SMILES string of the molecule is C[C@@H]1[C@@H]([Si](C)(C)F)[C@H](CC(=O)N(CCO)Cc2ccccc2)O[C@@]12C(=O)N(C)c1ccc(NC(=O)C3CCCNC3)cc12. The molecular weight excluding hydrogens is 567 g/mol. The first-order valence-corrected chi connectivity index (χ1v) is 18.2. The van der Waals surface area contributed by atoms with Crippen molar-refractivity contribution in [3.8, 4) is 0 Å². The largest absolute Gasteiger partial charge is 0.395 e. The first-order chi connectivity index (χ1) is 20.5. The van der Waals surface area contributed by atoms with E-state index >= 15 is 4.11 Å². The van der Waals surface area contributed by atoms with Crippen LogP contribution in [-0.4, -0.2) is 75.5 Å². The van der Waals surface area contributed by atoms with E-state index in [2.05, 4.69) is 10.6 Å². The zero-order chi connectivity index (χ0) is 30.9. The van der Waals surface area contributed by atoms with Crippen molar-refractivity contribution in [1.29, 1.82) is 0 Å². The smallest absolute Gasteiger partial charge is 0.264 e. The molecule has 2 aromatic carbocycles. The second-order valence-corrected chi connectivity index (χ2v) is 16.4. The minimum atomic E-state index is -3.47. The van der Waals surface area contributed by atoms with Crippen LogP contribution in [0.4, 0.5) is 15.5 Å². The maximum atomic E-state index is 16.1. The molecule has 1 spiro atoms. The predicted octanol–water partition coefficient (Wildman–Crippen LogP) is 3.79. The number of nitrogens with zero attached hydrogens (tertiary/aromatic N) is 2. The van der Waals surface area contributed by atoms with Crippen LogP contribution < -0.4 is 15.5 Å². The molecule has 0 saturated carbocycles. The average Bonchev–Trinajstić information content (AvgIpc) is 3.39. The van der Waals surface area contributed by atoms with Gasteiger partial charge in [0.25, 0.3) is 5.91 Å². The van der Waals surface area contributed by atoms with Crippen molar-refractivity contribution in [2.45, 2.75) is 63.1 Å². The minimum Gasteiger partial charge on any atom is -0.395 e.